The van der Waals surface area contributed by atoms with E-state index in [9.17, 15) is 0 Å². The zero-order valence-electron chi connectivity index (χ0n) is 32.5. The average Bonchev–Trinajstić information content (AvgIpc) is 3.93. The molecule has 0 saturated carbocycles. The highest BCUT2D eigenvalue weighted by Gasteiger charge is 2.35. The molecule has 0 fully saturated rings. The van der Waals surface area contributed by atoms with E-state index in [4.69, 9.17) is 9.97 Å². The van der Waals surface area contributed by atoms with Gasteiger partial charge in [-0.15, -0.1) is 22.7 Å². The van der Waals surface area contributed by atoms with Gasteiger partial charge < -0.3 is 0 Å². The summed E-state index contributed by atoms with van der Waals surface area (Å²) in [6.07, 6.45) is 0. The maximum atomic E-state index is 5.36. The lowest BCUT2D eigenvalue weighted by Gasteiger charge is -2.22. The van der Waals surface area contributed by atoms with Gasteiger partial charge in [0.25, 0.3) is 0 Å². The second-order valence-electron chi connectivity index (χ2n) is 16.2. The zero-order chi connectivity index (χ0) is 39.2. The van der Waals surface area contributed by atoms with Gasteiger partial charge in [0.05, 0.1) is 11.4 Å². The van der Waals surface area contributed by atoms with E-state index < -0.39 is 0 Å². The minimum absolute atomic E-state index is 0.118. The highest BCUT2D eigenvalue weighted by atomic mass is 32.1. The van der Waals surface area contributed by atoms with Crippen molar-refractivity contribution in [3.63, 3.8) is 0 Å². The largest absolute Gasteiger partial charge is 0.228 e. The first-order valence-electron chi connectivity index (χ1n) is 20.1. The summed E-state index contributed by atoms with van der Waals surface area (Å²) >= 11 is 3.71. The average molecular weight is 789 g/mol. The minimum atomic E-state index is -0.118. The van der Waals surface area contributed by atoms with E-state index in [0.717, 1.165) is 39.2 Å². The Hall–Kier alpha value is -6.72. The molecule has 3 heterocycles. The van der Waals surface area contributed by atoms with Crippen molar-refractivity contribution in [2.75, 3.05) is 0 Å². The molecular formula is C55H36N2S2. The van der Waals surface area contributed by atoms with Crippen molar-refractivity contribution in [1.82, 2.24) is 9.97 Å². The number of fused-ring (bicyclic) bond motifs is 9. The summed E-state index contributed by atoms with van der Waals surface area (Å²) in [4.78, 5) is 10.6. The highest BCUT2D eigenvalue weighted by Crippen LogP contribution is 2.50. The summed E-state index contributed by atoms with van der Waals surface area (Å²) in [6, 6.07) is 66.6. The lowest BCUT2D eigenvalue weighted by Crippen LogP contribution is -2.14. The maximum absolute atomic E-state index is 5.36. The van der Waals surface area contributed by atoms with Crippen LogP contribution >= 0.6 is 22.7 Å². The van der Waals surface area contributed by atoms with Gasteiger partial charge in [0.15, 0.2) is 5.82 Å². The van der Waals surface area contributed by atoms with Crippen LogP contribution in [0.15, 0.2) is 182 Å². The van der Waals surface area contributed by atoms with Crippen molar-refractivity contribution in [2.24, 2.45) is 0 Å². The Bertz CT molecular complexity index is 3350. The van der Waals surface area contributed by atoms with Gasteiger partial charge >= 0.3 is 0 Å². The third-order valence-corrected chi connectivity index (χ3v) is 14.6. The monoisotopic (exact) mass is 788 g/mol. The molecule has 1 aliphatic carbocycles. The van der Waals surface area contributed by atoms with Gasteiger partial charge in [0.1, 0.15) is 0 Å². The molecule has 59 heavy (non-hydrogen) atoms. The molecule has 0 aliphatic heterocycles. The molecule has 0 bridgehead atoms. The molecule has 4 heteroatoms. The minimum Gasteiger partial charge on any atom is -0.228 e. The summed E-state index contributed by atoms with van der Waals surface area (Å²) in [7, 11) is 0. The van der Waals surface area contributed by atoms with Crippen LogP contribution in [0, 0.1) is 0 Å². The van der Waals surface area contributed by atoms with E-state index in [1.807, 2.05) is 28.7 Å². The first kappa shape index (κ1) is 34.3. The molecular weight excluding hydrogens is 753 g/mol. The molecule has 0 spiro atoms. The Balaban J connectivity index is 1.08. The Kier molecular flexibility index (Phi) is 7.65. The number of hydrogen-bond donors (Lipinski definition) is 0. The number of hydrogen-bond acceptors (Lipinski definition) is 4. The van der Waals surface area contributed by atoms with E-state index in [0.29, 0.717) is 5.82 Å². The van der Waals surface area contributed by atoms with Crippen molar-refractivity contribution in [2.45, 2.75) is 19.3 Å². The van der Waals surface area contributed by atoms with Gasteiger partial charge in [0.2, 0.25) is 0 Å². The fourth-order valence-corrected chi connectivity index (χ4v) is 11.4. The van der Waals surface area contributed by atoms with Gasteiger partial charge in [0, 0.05) is 62.4 Å². The molecule has 0 unspecified atom stereocenters. The van der Waals surface area contributed by atoms with Crippen LogP contribution in [-0.2, 0) is 5.41 Å². The lowest BCUT2D eigenvalue weighted by molar-refractivity contribution is 0.660. The highest BCUT2D eigenvalue weighted by molar-refractivity contribution is 7.26. The van der Waals surface area contributed by atoms with E-state index in [-0.39, 0.29) is 5.41 Å². The number of thiophene rings is 2. The standard InChI is InChI=1S/C55H36N2S2/c1-55(2)46-17-9-6-14-40(46)41-23-20-36(31-47(41)55)48-32-49(57-54(56-48)33-12-4-3-5-13-33)39-27-37(34-21-24-52-44(29-34)42-15-7-10-18-50(42)58-52)26-38(28-39)35-22-25-53-45(30-35)43-16-8-11-19-51(43)59-53/h3-32H,1-2H3. The molecule has 0 amide bonds. The van der Waals surface area contributed by atoms with E-state index in [2.05, 4.69) is 190 Å². The predicted molar refractivity (Wildman–Crippen MR) is 253 cm³/mol. The van der Waals surface area contributed by atoms with Crippen LogP contribution < -0.4 is 0 Å². The van der Waals surface area contributed by atoms with Gasteiger partial charge in [-0.25, -0.2) is 9.97 Å². The van der Waals surface area contributed by atoms with Crippen LogP contribution in [0.4, 0.5) is 0 Å². The van der Waals surface area contributed by atoms with E-state index in [1.165, 1.54) is 73.7 Å². The first-order valence-corrected chi connectivity index (χ1v) is 21.8. The third-order valence-electron chi connectivity index (χ3n) is 12.3. The normalized spacial score (nSPS) is 13.1. The summed E-state index contributed by atoms with van der Waals surface area (Å²) < 4.78 is 5.22. The second kappa shape index (κ2) is 13.2. The maximum Gasteiger partial charge on any atom is 0.160 e. The molecule has 11 aromatic rings. The molecule has 0 radical (unpaired) electrons. The molecule has 0 atom stereocenters. The van der Waals surface area contributed by atoms with Crippen LogP contribution in [0.1, 0.15) is 25.0 Å². The van der Waals surface area contributed by atoms with Gasteiger partial charge in [-0.3, -0.25) is 0 Å². The topological polar surface area (TPSA) is 25.8 Å². The Labute approximate surface area is 350 Å². The summed E-state index contributed by atoms with van der Waals surface area (Å²) in [5.41, 5.74) is 14.8. The van der Waals surface area contributed by atoms with E-state index >= 15 is 0 Å². The van der Waals surface area contributed by atoms with Crippen LogP contribution in [0.2, 0.25) is 0 Å². The lowest BCUT2D eigenvalue weighted by atomic mass is 9.82. The molecule has 8 aromatic carbocycles. The molecule has 0 N–H and O–H groups in total. The fourth-order valence-electron chi connectivity index (χ4n) is 9.24. The van der Waals surface area contributed by atoms with Gasteiger partial charge in [-0.2, -0.15) is 0 Å². The molecule has 1 aliphatic rings. The van der Waals surface area contributed by atoms with Crippen molar-refractivity contribution >= 4 is 63.0 Å². The predicted octanol–water partition coefficient (Wildman–Crippen LogP) is 15.9. The van der Waals surface area contributed by atoms with Crippen molar-refractivity contribution in [1.29, 1.82) is 0 Å². The summed E-state index contributed by atoms with van der Waals surface area (Å²) in [6.45, 7) is 4.67. The number of nitrogens with zero attached hydrogens (tertiary/aromatic N) is 2. The smallest absolute Gasteiger partial charge is 0.160 e. The molecule has 3 aromatic heterocycles. The number of benzene rings is 8. The summed E-state index contributed by atoms with van der Waals surface area (Å²) in [5.74, 6) is 0.713. The number of aromatic nitrogens is 2. The third kappa shape index (κ3) is 5.59. The van der Waals surface area contributed by atoms with Crippen LogP contribution in [0.3, 0.4) is 0 Å². The van der Waals surface area contributed by atoms with Crippen molar-refractivity contribution in [3.05, 3.63) is 193 Å². The molecule has 2 nitrogen and oxygen atoms in total. The fraction of sp³-hybridized carbons (Fsp3) is 0.0545. The van der Waals surface area contributed by atoms with Crippen LogP contribution in [-0.4, -0.2) is 9.97 Å². The van der Waals surface area contributed by atoms with Crippen molar-refractivity contribution in [3.8, 4) is 67.3 Å². The number of rotatable bonds is 5. The zero-order valence-corrected chi connectivity index (χ0v) is 34.2. The Morgan fingerprint density at radius 1 is 0.339 bits per heavy atom. The van der Waals surface area contributed by atoms with E-state index in [1.54, 1.807) is 0 Å². The first-order chi connectivity index (χ1) is 28.9. The van der Waals surface area contributed by atoms with Crippen LogP contribution in [0.5, 0.6) is 0 Å². The molecule has 12 rings (SSSR count). The Morgan fingerprint density at radius 2 is 0.847 bits per heavy atom. The SMILES string of the molecule is CC1(C)c2ccccc2-c2ccc(-c3cc(-c4cc(-c5ccc6sc7ccccc7c6c5)cc(-c5ccc6sc7ccccc7c6c5)c4)nc(-c4ccccc4)n3)cc21. The Morgan fingerprint density at radius 3 is 1.51 bits per heavy atom. The van der Waals surface area contributed by atoms with Gasteiger partial charge in [-0.1, -0.05) is 129 Å². The second-order valence-corrected chi connectivity index (χ2v) is 18.3. The molecule has 0 saturated heterocycles. The van der Waals surface area contributed by atoms with Crippen molar-refractivity contribution < 1.29 is 0 Å². The quantitative estimate of drug-likeness (QED) is 0.174. The van der Waals surface area contributed by atoms with Gasteiger partial charge in [-0.05, 0) is 111 Å². The van der Waals surface area contributed by atoms with Crippen LogP contribution in [0.25, 0.3) is 108 Å². The molecule has 278 valence electrons. The summed E-state index contributed by atoms with van der Waals surface area (Å²) in [5, 5.41) is 5.18.